The number of ether oxygens (including phenoxy) is 1. The first-order valence-corrected chi connectivity index (χ1v) is 12.1. The maximum Gasteiger partial charge on any atom is 0.119 e. The Bertz CT molecular complexity index is 1050. The van der Waals surface area contributed by atoms with Crippen LogP contribution in [0.3, 0.4) is 0 Å². The molecule has 0 radical (unpaired) electrons. The van der Waals surface area contributed by atoms with E-state index in [9.17, 15) is 9.50 Å². The molecule has 0 aromatic heterocycles. The lowest BCUT2D eigenvalue weighted by atomic mass is 9.69. The molecule has 1 saturated heterocycles. The number of fused-ring (bicyclic) bond motifs is 1. The number of hydrogen-bond acceptors (Lipinski definition) is 3. The SMILES string of the molecule is Oc1ccc2c(c1)CC[C@H](c1ccccc1)[C@@H]2c1ccc(OCCN2CC[C@H](CF)C2)cc1. The fraction of sp³-hybridized carbons (Fsp3) is 0.379. The van der Waals surface area contributed by atoms with E-state index in [1.165, 1.54) is 22.3 Å². The molecule has 1 aliphatic heterocycles. The summed E-state index contributed by atoms with van der Waals surface area (Å²) in [6.45, 7) is 3.06. The average Bonchev–Trinajstić information content (AvgIpc) is 3.32. The van der Waals surface area contributed by atoms with Gasteiger partial charge in [-0.3, -0.25) is 9.29 Å². The first-order valence-electron chi connectivity index (χ1n) is 12.1. The van der Waals surface area contributed by atoms with Gasteiger partial charge < -0.3 is 9.84 Å². The summed E-state index contributed by atoms with van der Waals surface area (Å²) in [5.41, 5.74) is 5.18. The number of rotatable bonds is 7. The monoisotopic (exact) mass is 445 g/mol. The maximum absolute atomic E-state index is 12.8. The molecule has 3 atom stereocenters. The molecule has 1 aliphatic carbocycles. The van der Waals surface area contributed by atoms with Crippen LogP contribution in [-0.4, -0.2) is 42.9 Å². The van der Waals surface area contributed by atoms with Gasteiger partial charge in [0.1, 0.15) is 18.1 Å². The molecule has 0 unspecified atom stereocenters. The number of aryl methyl sites for hydroxylation is 1. The third-order valence-electron chi connectivity index (χ3n) is 7.32. The zero-order valence-corrected chi connectivity index (χ0v) is 19.0. The van der Waals surface area contributed by atoms with Crippen LogP contribution in [0.1, 0.15) is 46.9 Å². The van der Waals surface area contributed by atoms with Gasteiger partial charge >= 0.3 is 0 Å². The fourth-order valence-electron chi connectivity index (χ4n) is 5.58. The Labute approximate surface area is 195 Å². The van der Waals surface area contributed by atoms with Crippen molar-refractivity contribution in [1.82, 2.24) is 4.90 Å². The normalized spacial score (nSPS) is 22.8. The summed E-state index contributed by atoms with van der Waals surface area (Å²) in [6, 6.07) is 25.1. The van der Waals surface area contributed by atoms with Gasteiger partial charge in [0.2, 0.25) is 0 Å². The number of halogens is 1. The first kappa shape index (κ1) is 22.0. The van der Waals surface area contributed by atoms with Crippen molar-refractivity contribution in [3.8, 4) is 11.5 Å². The molecule has 3 aromatic carbocycles. The highest BCUT2D eigenvalue weighted by Crippen LogP contribution is 2.47. The van der Waals surface area contributed by atoms with Gasteiger partial charge in [0.25, 0.3) is 0 Å². The van der Waals surface area contributed by atoms with Crippen LogP contribution in [0.25, 0.3) is 0 Å². The highest BCUT2D eigenvalue weighted by molar-refractivity contribution is 5.48. The van der Waals surface area contributed by atoms with Gasteiger partial charge in [0.15, 0.2) is 0 Å². The van der Waals surface area contributed by atoms with E-state index in [1.54, 1.807) is 0 Å². The number of nitrogens with zero attached hydrogens (tertiary/aromatic N) is 1. The molecule has 0 saturated carbocycles. The Hall–Kier alpha value is -2.85. The quantitative estimate of drug-likeness (QED) is 0.490. The van der Waals surface area contributed by atoms with E-state index in [0.717, 1.165) is 44.6 Å². The molecule has 172 valence electrons. The lowest BCUT2D eigenvalue weighted by molar-refractivity contribution is 0.228. The van der Waals surface area contributed by atoms with Crippen molar-refractivity contribution >= 4 is 0 Å². The van der Waals surface area contributed by atoms with Crippen molar-refractivity contribution in [2.24, 2.45) is 5.92 Å². The highest BCUT2D eigenvalue weighted by Gasteiger charge is 2.32. The molecule has 5 rings (SSSR count). The van der Waals surface area contributed by atoms with Gasteiger partial charge in [-0.15, -0.1) is 0 Å². The fourth-order valence-corrected chi connectivity index (χ4v) is 5.58. The molecule has 1 heterocycles. The molecule has 4 heteroatoms. The van der Waals surface area contributed by atoms with Crippen LogP contribution in [0, 0.1) is 5.92 Å². The second-order valence-electron chi connectivity index (χ2n) is 9.44. The molecule has 0 amide bonds. The largest absolute Gasteiger partial charge is 0.508 e. The van der Waals surface area contributed by atoms with E-state index in [1.807, 2.05) is 12.1 Å². The van der Waals surface area contributed by atoms with Crippen molar-refractivity contribution in [2.45, 2.75) is 31.1 Å². The molecule has 0 spiro atoms. The Morgan fingerprint density at radius 2 is 1.76 bits per heavy atom. The van der Waals surface area contributed by atoms with Crippen LogP contribution in [-0.2, 0) is 6.42 Å². The second kappa shape index (κ2) is 9.96. The maximum atomic E-state index is 12.8. The molecule has 3 nitrogen and oxygen atoms in total. The predicted octanol–water partition coefficient (Wildman–Crippen LogP) is 5.92. The first-order chi connectivity index (χ1) is 16.2. The molecule has 0 bridgehead atoms. The van der Waals surface area contributed by atoms with Crippen LogP contribution in [0.5, 0.6) is 11.5 Å². The van der Waals surface area contributed by atoms with E-state index in [-0.39, 0.29) is 18.5 Å². The van der Waals surface area contributed by atoms with E-state index in [4.69, 9.17) is 4.74 Å². The van der Waals surface area contributed by atoms with Crippen LogP contribution in [0.4, 0.5) is 4.39 Å². The zero-order chi connectivity index (χ0) is 22.6. The zero-order valence-electron chi connectivity index (χ0n) is 19.0. The number of alkyl halides is 1. The topological polar surface area (TPSA) is 32.7 Å². The summed E-state index contributed by atoms with van der Waals surface area (Å²) >= 11 is 0. The summed E-state index contributed by atoms with van der Waals surface area (Å²) in [6.07, 6.45) is 2.98. The lowest BCUT2D eigenvalue weighted by Gasteiger charge is -2.35. The van der Waals surface area contributed by atoms with E-state index in [2.05, 4.69) is 65.6 Å². The molecule has 1 fully saturated rings. The summed E-state index contributed by atoms with van der Waals surface area (Å²) < 4.78 is 18.8. The molecular weight excluding hydrogens is 413 g/mol. The number of likely N-dealkylation sites (tertiary alicyclic amines) is 1. The van der Waals surface area contributed by atoms with Crippen LogP contribution in [0.15, 0.2) is 72.8 Å². The third-order valence-corrected chi connectivity index (χ3v) is 7.32. The summed E-state index contributed by atoms with van der Waals surface area (Å²) in [4.78, 5) is 2.29. The highest BCUT2D eigenvalue weighted by atomic mass is 19.1. The second-order valence-corrected chi connectivity index (χ2v) is 9.44. The van der Waals surface area contributed by atoms with Crippen molar-refractivity contribution in [1.29, 1.82) is 0 Å². The number of aromatic hydroxyl groups is 1. The molecule has 1 N–H and O–H groups in total. The number of hydrogen-bond donors (Lipinski definition) is 1. The standard InChI is InChI=1S/C29H32FNO2/c30-19-21-14-15-31(20-21)16-17-33-26-10-6-23(7-11-26)29-27(22-4-2-1-3-5-22)12-8-24-18-25(32)9-13-28(24)29/h1-7,9-11,13,18,21,27,29,32H,8,12,14-17,19-20H2/t21-,27-,29+/m1/s1. The minimum atomic E-state index is -0.216. The van der Waals surface area contributed by atoms with Gasteiger partial charge in [-0.2, -0.15) is 0 Å². The summed E-state index contributed by atoms with van der Waals surface area (Å²) in [5.74, 6) is 2.05. The van der Waals surface area contributed by atoms with Gasteiger partial charge in [-0.25, -0.2) is 0 Å². The summed E-state index contributed by atoms with van der Waals surface area (Å²) in [7, 11) is 0. The third kappa shape index (κ3) is 4.91. The van der Waals surface area contributed by atoms with E-state index < -0.39 is 0 Å². The van der Waals surface area contributed by atoms with Crippen molar-refractivity contribution in [3.63, 3.8) is 0 Å². The van der Waals surface area contributed by atoms with Gasteiger partial charge in [-0.05, 0) is 78.2 Å². The number of phenolic OH excluding ortho intramolecular Hbond substituents is 1. The molecule has 33 heavy (non-hydrogen) atoms. The van der Waals surface area contributed by atoms with Gasteiger partial charge in [0.05, 0.1) is 6.67 Å². The van der Waals surface area contributed by atoms with Gasteiger partial charge in [-0.1, -0.05) is 48.5 Å². The van der Waals surface area contributed by atoms with Crippen LogP contribution < -0.4 is 4.74 Å². The molecule has 3 aromatic rings. The Morgan fingerprint density at radius 3 is 2.52 bits per heavy atom. The minimum Gasteiger partial charge on any atom is -0.508 e. The van der Waals surface area contributed by atoms with E-state index >= 15 is 0 Å². The van der Waals surface area contributed by atoms with Crippen LogP contribution >= 0.6 is 0 Å². The summed E-state index contributed by atoms with van der Waals surface area (Å²) in [5, 5.41) is 10.0. The minimum absolute atomic E-state index is 0.196. The Kier molecular flexibility index (Phi) is 6.63. The van der Waals surface area contributed by atoms with Crippen molar-refractivity contribution in [3.05, 3.63) is 95.1 Å². The molecular formula is C29H32FNO2. The predicted molar refractivity (Wildman–Crippen MR) is 130 cm³/mol. The lowest BCUT2D eigenvalue weighted by Crippen LogP contribution is -2.26. The average molecular weight is 446 g/mol. The number of phenols is 1. The smallest absolute Gasteiger partial charge is 0.119 e. The Morgan fingerprint density at radius 1 is 0.939 bits per heavy atom. The van der Waals surface area contributed by atoms with Crippen molar-refractivity contribution < 1.29 is 14.2 Å². The van der Waals surface area contributed by atoms with Crippen LogP contribution in [0.2, 0.25) is 0 Å². The van der Waals surface area contributed by atoms with Crippen molar-refractivity contribution in [2.75, 3.05) is 32.9 Å². The Balaban J connectivity index is 1.32. The molecule has 2 aliphatic rings. The van der Waals surface area contributed by atoms with Gasteiger partial charge in [0, 0.05) is 24.9 Å². The number of benzene rings is 3. The van der Waals surface area contributed by atoms with E-state index in [0.29, 0.717) is 18.3 Å².